The van der Waals surface area contributed by atoms with Crippen molar-refractivity contribution in [1.29, 1.82) is 0 Å². The van der Waals surface area contributed by atoms with Gasteiger partial charge < -0.3 is 15.5 Å². The molecule has 3 aromatic rings. The fraction of sp³-hybridized carbons (Fsp3) is 0.304. The van der Waals surface area contributed by atoms with E-state index < -0.39 is 5.54 Å². The van der Waals surface area contributed by atoms with Gasteiger partial charge >= 0.3 is 0 Å². The van der Waals surface area contributed by atoms with E-state index in [1.165, 1.54) is 12.1 Å². The maximum Gasteiger partial charge on any atom is 0.225 e. The van der Waals surface area contributed by atoms with Crippen LogP contribution in [0.25, 0.3) is 0 Å². The van der Waals surface area contributed by atoms with Crippen molar-refractivity contribution in [3.63, 3.8) is 0 Å². The Morgan fingerprint density at radius 3 is 2.33 bits per heavy atom. The summed E-state index contributed by atoms with van der Waals surface area (Å²) in [7, 11) is 1.78. The molecular formula is C23H26BrFN8. The summed E-state index contributed by atoms with van der Waals surface area (Å²) in [4.78, 5) is 18.0. The first-order valence-electron chi connectivity index (χ1n) is 10.5. The van der Waals surface area contributed by atoms with Crippen LogP contribution in [0.4, 0.5) is 10.3 Å². The number of aliphatic imine (C=N–C) groups is 1. The number of hydrogen-bond acceptors (Lipinski definition) is 6. The van der Waals surface area contributed by atoms with Gasteiger partial charge in [-0.2, -0.15) is 5.10 Å². The van der Waals surface area contributed by atoms with Crippen LogP contribution in [-0.4, -0.2) is 65.3 Å². The number of rotatable bonds is 5. The highest BCUT2D eigenvalue weighted by Crippen LogP contribution is 2.26. The number of aromatic nitrogens is 3. The van der Waals surface area contributed by atoms with Crippen molar-refractivity contribution < 1.29 is 4.39 Å². The zero-order chi connectivity index (χ0) is 23.6. The molecule has 2 N–H and O–H groups in total. The third-order valence-electron chi connectivity index (χ3n) is 5.90. The Morgan fingerprint density at radius 2 is 1.76 bits per heavy atom. The van der Waals surface area contributed by atoms with E-state index >= 15 is 0 Å². The van der Waals surface area contributed by atoms with Crippen molar-refractivity contribution in [2.75, 3.05) is 38.1 Å². The van der Waals surface area contributed by atoms with Crippen molar-refractivity contribution in [2.24, 2.45) is 15.8 Å². The summed E-state index contributed by atoms with van der Waals surface area (Å²) in [5, 5.41) is 4.04. The lowest BCUT2D eigenvalue weighted by Gasteiger charge is -2.36. The summed E-state index contributed by atoms with van der Waals surface area (Å²) in [5.41, 5.74) is 8.16. The van der Waals surface area contributed by atoms with Gasteiger partial charge in [-0.05, 0) is 46.6 Å². The highest BCUT2D eigenvalue weighted by molar-refractivity contribution is 9.10. The molecule has 0 aliphatic carbocycles. The number of benzene rings is 1. The van der Waals surface area contributed by atoms with Gasteiger partial charge in [0.05, 0.1) is 5.54 Å². The minimum absolute atomic E-state index is 0.293. The molecule has 10 heteroatoms. The molecular weight excluding hydrogens is 487 g/mol. The lowest BCUT2D eigenvalue weighted by Crippen LogP contribution is -2.49. The second kappa shape index (κ2) is 9.40. The van der Waals surface area contributed by atoms with Gasteiger partial charge in [0.15, 0.2) is 0 Å². The molecule has 1 aromatic carbocycles. The minimum Gasteiger partial charge on any atom is -0.352 e. The number of amidine groups is 1. The first kappa shape index (κ1) is 23.1. The predicted octanol–water partition coefficient (Wildman–Crippen LogP) is 3.06. The van der Waals surface area contributed by atoms with Gasteiger partial charge in [-0.3, -0.25) is 4.99 Å². The van der Waals surface area contributed by atoms with E-state index in [1.54, 1.807) is 36.3 Å². The third-order valence-corrected chi connectivity index (χ3v) is 6.34. The van der Waals surface area contributed by atoms with Gasteiger partial charge in [0.1, 0.15) is 17.3 Å². The van der Waals surface area contributed by atoms with Crippen LogP contribution in [0.2, 0.25) is 0 Å². The number of halogens is 2. The summed E-state index contributed by atoms with van der Waals surface area (Å²) in [6.07, 6.45) is 5.35. The third kappa shape index (κ3) is 4.67. The van der Waals surface area contributed by atoms with Crippen LogP contribution in [0.5, 0.6) is 0 Å². The van der Waals surface area contributed by atoms with Crippen molar-refractivity contribution >= 4 is 34.4 Å². The molecule has 1 fully saturated rings. The fourth-order valence-corrected chi connectivity index (χ4v) is 4.37. The number of hydrogen-bond donors (Lipinski definition) is 1. The van der Waals surface area contributed by atoms with E-state index in [0.29, 0.717) is 5.95 Å². The van der Waals surface area contributed by atoms with Crippen LogP contribution in [0.1, 0.15) is 23.7 Å². The Hall–Kier alpha value is -3.11. The Labute approximate surface area is 200 Å². The highest BCUT2D eigenvalue weighted by atomic mass is 79.9. The maximum absolute atomic E-state index is 13.3. The van der Waals surface area contributed by atoms with Gasteiger partial charge in [-0.25, -0.2) is 19.0 Å². The summed E-state index contributed by atoms with van der Waals surface area (Å²) >= 11 is 3.49. The zero-order valence-corrected chi connectivity index (χ0v) is 20.2. The molecule has 0 unspecified atom stereocenters. The summed E-state index contributed by atoms with van der Waals surface area (Å²) in [5.74, 6) is 1.22. The Morgan fingerprint density at radius 1 is 1.12 bits per heavy atom. The molecule has 1 aliphatic rings. The summed E-state index contributed by atoms with van der Waals surface area (Å²) < 4.78 is 15.9. The van der Waals surface area contributed by atoms with Crippen LogP contribution >= 0.6 is 15.9 Å². The van der Waals surface area contributed by atoms with Gasteiger partial charge in [-0.1, -0.05) is 12.1 Å². The lowest BCUT2D eigenvalue weighted by atomic mass is 9.87. The van der Waals surface area contributed by atoms with Crippen LogP contribution in [-0.2, 0) is 5.54 Å². The molecule has 1 saturated heterocycles. The van der Waals surface area contributed by atoms with Crippen LogP contribution in [0.3, 0.4) is 0 Å². The van der Waals surface area contributed by atoms with Crippen molar-refractivity contribution in [1.82, 2.24) is 19.5 Å². The first-order valence-corrected chi connectivity index (χ1v) is 11.3. The number of piperazine rings is 1. The first-order chi connectivity index (χ1) is 15.8. The van der Waals surface area contributed by atoms with E-state index in [1.807, 2.05) is 19.2 Å². The largest absolute Gasteiger partial charge is 0.352 e. The summed E-state index contributed by atoms with van der Waals surface area (Å²) in [6, 6.07) is 8.17. The van der Waals surface area contributed by atoms with Crippen LogP contribution in [0, 0.1) is 5.82 Å². The molecule has 172 valence electrons. The van der Waals surface area contributed by atoms with E-state index in [9.17, 15) is 4.39 Å². The monoisotopic (exact) mass is 512 g/mol. The second-order valence-corrected chi connectivity index (χ2v) is 8.95. The average Bonchev–Trinajstić information content (AvgIpc) is 3.20. The molecule has 3 heterocycles. The molecule has 0 spiro atoms. The Bertz CT molecular complexity index is 1150. The molecule has 33 heavy (non-hydrogen) atoms. The van der Waals surface area contributed by atoms with Crippen LogP contribution in [0.15, 0.2) is 63.5 Å². The number of nitrogens with zero attached hydrogens (tertiary/aromatic N) is 7. The van der Waals surface area contributed by atoms with Gasteiger partial charge in [0, 0.05) is 68.6 Å². The fourth-order valence-electron chi connectivity index (χ4n) is 3.96. The van der Waals surface area contributed by atoms with Crippen molar-refractivity contribution in [2.45, 2.75) is 12.5 Å². The molecule has 1 atom stereocenters. The standard InChI is InChI=1S/C23H26BrFN8/c1-23(26,16-4-6-19(25)7-5-16)17-13-29-22(30-14-17)32-10-8-31(9-11-32)21(27-2)20-12-18(24)15-33(20)28-3/h4-7,12-15H,3,8-11,26H2,1-2H3/t23-/m0/s1. The lowest BCUT2D eigenvalue weighted by molar-refractivity contribution is 0.381. The van der Waals surface area contributed by atoms with Gasteiger partial charge in [-0.15, -0.1) is 0 Å². The van der Waals surface area contributed by atoms with E-state index in [2.05, 4.69) is 52.5 Å². The second-order valence-electron chi connectivity index (χ2n) is 8.03. The Balaban J connectivity index is 1.45. The molecule has 8 nitrogen and oxygen atoms in total. The normalized spacial score (nSPS) is 16.6. The van der Waals surface area contributed by atoms with Crippen LogP contribution < -0.4 is 10.6 Å². The molecule has 1 aliphatic heterocycles. The van der Waals surface area contributed by atoms with Crippen molar-refractivity contribution in [3.05, 3.63) is 76.0 Å². The SMILES string of the molecule is C=Nn1cc(Br)cc1C(=NC)N1CCN(c2ncc([C@@](C)(N)c3ccc(F)cc3)cn2)CC1. The smallest absolute Gasteiger partial charge is 0.225 e. The zero-order valence-electron chi connectivity index (χ0n) is 18.6. The molecule has 2 aromatic heterocycles. The minimum atomic E-state index is -0.820. The van der Waals surface area contributed by atoms with Crippen molar-refractivity contribution in [3.8, 4) is 0 Å². The number of nitrogens with two attached hydrogens (primary N) is 1. The topological polar surface area (TPSA) is 87.9 Å². The van der Waals surface area contributed by atoms with E-state index in [4.69, 9.17) is 5.73 Å². The Kier molecular flexibility index (Phi) is 6.57. The van der Waals surface area contributed by atoms with Gasteiger partial charge in [0.25, 0.3) is 0 Å². The molecule has 0 saturated carbocycles. The molecule has 0 bridgehead atoms. The van der Waals surface area contributed by atoms with E-state index in [0.717, 1.165) is 53.3 Å². The molecule has 0 radical (unpaired) electrons. The highest BCUT2D eigenvalue weighted by Gasteiger charge is 2.27. The van der Waals surface area contributed by atoms with E-state index in [-0.39, 0.29) is 5.82 Å². The van der Waals surface area contributed by atoms with Gasteiger partial charge in [0.2, 0.25) is 5.95 Å². The summed E-state index contributed by atoms with van der Waals surface area (Å²) in [6.45, 7) is 8.54. The predicted molar refractivity (Wildman–Crippen MR) is 132 cm³/mol. The molecule has 4 rings (SSSR count). The average molecular weight is 513 g/mol. The quantitative estimate of drug-likeness (QED) is 0.419. The number of anilines is 1. The molecule has 0 amide bonds. The maximum atomic E-state index is 13.3.